The molecule has 0 aromatic heterocycles. The van der Waals surface area contributed by atoms with E-state index in [4.69, 9.17) is 0 Å². The molecule has 0 unspecified atom stereocenters. The average Bonchev–Trinajstić information content (AvgIpc) is 2.47. The van der Waals surface area contributed by atoms with E-state index in [9.17, 15) is 0 Å². The van der Waals surface area contributed by atoms with Gasteiger partial charge in [0.05, 0.1) is 0 Å². The second-order valence-electron chi connectivity index (χ2n) is 2.63. The minimum atomic E-state index is 1.12. The Balaban J connectivity index is 2.48. The molecule has 0 atom stereocenters. The third-order valence-electron chi connectivity index (χ3n) is 2.01. The van der Waals surface area contributed by atoms with Crippen molar-refractivity contribution in [1.82, 2.24) is 0 Å². The second kappa shape index (κ2) is 2.74. The van der Waals surface area contributed by atoms with Crippen LogP contribution >= 0.6 is 11.8 Å². The molecule has 56 valence electrons. The van der Waals surface area contributed by atoms with Gasteiger partial charge in [0.15, 0.2) is 0 Å². The summed E-state index contributed by atoms with van der Waals surface area (Å²) in [7, 11) is 0. The number of fused-ring (bicyclic) bond motifs is 1. The summed E-state index contributed by atoms with van der Waals surface area (Å²) in [5, 5.41) is 0. The Labute approximate surface area is 71.3 Å². The van der Waals surface area contributed by atoms with Gasteiger partial charge in [-0.3, -0.25) is 0 Å². The first kappa shape index (κ1) is 6.99. The number of allylic oxidation sites excluding steroid dienone is 1. The maximum Gasteiger partial charge on any atom is 0.0108 e. The zero-order chi connectivity index (χ0) is 7.68. The molecule has 1 aliphatic carbocycles. The van der Waals surface area contributed by atoms with Crippen molar-refractivity contribution < 1.29 is 0 Å². The first-order chi connectivity index (χ1) is 5.42. The molecule has 0 saturated carbocycles. The molecule has 0 N–H and O–H groups in total. The van der Waals surface area contributed by atoms with Crippen LogP contribution in [0.1, 0.15) is 11.1 Å². The molecule has 11 heavy (non-hydrogen) atoms. The summed E-state index contributed by atoms with van der Waals surface area (Å²) < 4.78 is 0. The third-order valence-corrected chi connectivity index (χ3v) is 2.84. The van der Waals surface area contributed by atoms with Crippen LogP contribution < -0.4 is 0 Å². The highest BCUT2D eigenvalue weighted by molar-refractivity contribution is 8.07. The van der Waals surface area contributed by atoms with Gasteiger partial charge in [-0.25, -0.2) is 0 Å². The summed E-state index contributed by atoms with van der Waals surface area (Å²) in [5.41, 5.74) is 2.90. The quantitative estimate of drug-likeness (QED) is 0.611. The van der Waals surface area contributed by atoms with Crippen LogP contribution in [0.5, 0.6) is 0 Å². The highest BCUT2D eigenvalue weighted by Crippen LogP contribution is 2.33. The largest absolute Gasteiger partial charge is 0.129 e. The zero-order valence-corrected chi connectivity index (χ0v) is 7.32. The van der Waals surface area contributed by atoms with Gasteiger partial charge in [-0.15, -0.1) is 11.8 Å². The molecular formula is C10H10S. The van der Waals surface area contributed by atoms with E-state index in [2.05, 4.69) is 36.6 Å². The molecule has 0 amide bonds. The molecule has 0 aliphatic heterocycles. The monoisotopic (exact) mass is 162 g/mol. The van der Waals surface area contributed by atoms with Gasteiger partial charge >= 0.3 is 0 Å². The SMILES string of the molecule is CSC1=CCc2ccccc21. The van der Waals surface area contributed by atoms with Crippen molar-refractivity contribution in [2.75, 3.05) is 6.26 Å². The molecule has 0 radical (unpaired) electrons. The molecule has 0 nitrogen and oxygen atoms in total. The van der Waals surface area contributed by atoms with Crippen LogP contribution in [0, 0.1) is 0 Å². The van der Waals surface area contributed by atoms with Crippen molar-refractivity contribution in [1.29, 1.82) is 0 Å². The molecule has 0 fully saturated rings. The lowest BCUT2D eigenvalue weighted by atomic mass is 10.1. The van der Waals surface area contributed by atoms with Gasteiger partial charge in [0.2, 0.25) is 0 Å². The zero-order valence-electron chi connectivity index (χ0n) is 6.50. The van der Waals surface area contributed by atoms with Gasteiger partial charge in [0.25, 0.3) is 0 Å². The van der Waals surface area contributed by atoms with Crippen LogP contribution in [0.3, 0.4) is 0 Å². The number of rotatable bonds is 1. The maximum atomic E-state index is 2.30. The highest BCUT2D eigenvalue weighted by atomic mass is 32.2. The lowest BCUT2D eigenvalue weighted by Gasteiger charge is -2.00. The summed E-state index contributed by atoms with van der Waals surface area (Å²) in [6, 6.07) is 8.61. The highest BCUT2D eigenvalue weighted by Gasteiger charge is 2.10. The molecule has 1 aromatic carbocycles. The van der Waals surface area contributed by atoms with Crippen molar-refractivity contribution in [3.63, 3.8) is 0 Å². The van der Waals surface area contributed by atoms with Gasteiger partial charge in [0, 0.05) is 4.91 Å². The van der Waals surface area contributed by atoms with Crippen LogP contribution in [-0.4, -0.2) is 6.26 Å². The Morgan fingerprint density at radius 1 is 1.27 bits per heavy atom. The smallest absolute Gasteiger partial charge is 0.0108 e. The van der Waals surface area contributed by atoms with E-state index in [1.165, 1.54) is 16.0 Å². The topological polar surface area (TPSA) is 0 Å². The van der Waals surface area contributed by atoms with Gasteiger partial charge < -0.3 is 0 Å². The van der Waals surface area contributed by atoms with Gasteiger partial charge in [-0.1, -0.05) is 30.3 Å². The Bertz CT molecular complexity index is 299. The number of hydrogen-bond donors (Lipinski definition) is 0. The van der Waals surface area contributed by atoms with Crippen LogP contribution in [0.4, 0.5) is 0 Å². The van der Waals surface area contributed by atoms with E-state index in [1.54, 1.807) is 0 Å². The fraction of sp³-hybridized carbons (Fsp3) is 0.200. The van der Waals surface area contributed by atoms with Crippen molar-refractivity contribution >= 4 is 16.7 Å². The van der Waals surface area contributed by atoms with Crippen molar-refractivity contribution in [2.45, 2.75) is 6.42 Å². The molecule has 0 saturated heterocycles. The minimum absolute atomic E-state index is 1.12. The van der Waals surface area contributed by atoms with Gasteiger partial charge in [-0.2, -0.15) is 0 Å². The Kier molecular flexibility index (Phi) is 1.74. The van der Waals surface area contributed by atoms with Crippen LogP contribution in [0.15, 0.2) is 30.3 Å². The van der Waals surface area contributed by atoms with Crippen LogP contribution in [0.2, 0.25) is 0 Å². The van der Waals surface area contributed by atoms with Gasteiger partial charge in [-0.05, 0) is 23.8 Å². The Hall–Kier alpha value is -0.690. The first-order valence-corrected chi connectivity index (χ1v) is 4.96. The van der Waals surface area contributed by atoms with E-state index in [0.29, 0.717) is 0 Å². The normalized spacial score (nSPS) is 14.5. The van der Waals surface area contributed by atoms with E-state index in [1.807, 2.05) is 11.8 Å². The summed E-state index contributed by atoms with van der Waals surface area (Å²) >= 11 is 1.84. The number of benzene rings is 1. The standard InChI is InChI=1S/C10H10S/c1-11-10-7-6-8-4-2-3-5-9(8)10/h2-5,7H,6H2,1H3. The van der Waals surface area contributed by atoms with E-state index >= 15 is 0 Å². The lowest BCUT2D eigenvalue weighted by molar-refractivity contribution is 1.31. The van der Waals surface area contributed by atoms with Gasteiger partial charge in [0.1, 0.15) is 0 Å². The van der Waals surface area contributed by atoms with E-state index in [0.717, 1.165) is 6.42 Å². The predicted molar refractivity (Wildman–Crippen MR) is 51.6 cm³/mol. The van der Waals surface area contributed by atoms with E-state index < -0.39 is 0 Å². The van der Waals surface area contributed by atoms with E-state index in [-0.39, 0.29) is 0 Å². The second-order valence-corrected chi connectivity index (χ2v) is 3.48. The summed E-state index contributed by atoms with van der Waals surface area (Å²) in [5.74, 6) is 0. The predicted octanol–water partition coefficient (Wildman–Crippen LogP) is 2.95. The first-order valence-electron chi connectivity index (χ1n) is 3.74. The number of thioether (sulfide) groups is 1. The summed E-state index contributed by atoms with van der Waals surface area (Å²) in [6.07, 6.45) is 5.55. The molecular weight excluding hydrogens is 152 g/mol. The summed E-state index contributed by atoms with van der Waals surface area (Å²) in [6.45, 7) is 0. The third kappa shape index (κ3) is 1.10. The molecule has 1 aliphatic rings. The van der Waals surface area contributed by atoms with Crippen molar-refractivity contribution in [3.8, 4) is 0 Å². The molecule has 0 bridgehead atoms. The van der Waals surface area contributed by atoms with Crippen molar-refractivity contribution in [3.05, 3.63) is 41.5 Å². The van der Waals surface area contributed by atoms with Crippen LogP contribution in [0.25, 0.3) is 4.91 Å². The summed E-state index contributed by atoms with van der Waals surface area (Å²) in [4.78, 5) is 1.43. The molecule has 0 heterocycles. The molecule has 1 heteroatoms. The lowest BCUT2D eigenvalue weighted by Crippen LogP contribution is -1.79. The van der Waals surface area contributed by atoms with Crippen molar-refractivity contribution in [2.24, 2.45) is 0 Å². The fourth-order valence-electron chi connectivity index (χ4n) is 1.44. The molecule has 0 spiro atoms. The molecule has 1 aromatic rings. The van der Waals surface area contributed by atoms with Crippen LogP contribution in [-0.2, 0) is 6.42 Å². The average molecular weight is 162 g/mol. The Morgan fingerprint density at radius 2 is 2.09 bits per heavy atom. The fourth-order valence-corrected chi connectivity index (χ4v) is 2.11. The Morgan fingerprint density at radius 3 is 2.91 bits per heavy atom. The number of hydrogen-bond acceptors (Lipinski definition) is 1. The molecule has 2 rings (SSSR count). The maximum absolute atomic E-state index is 2.30. The minimum Gasteiger partial charge on any atom is -0.129 e.